The fourth-order valence-electron chi connectivity index (χ4n) is 2.27. The number of hydrogen-bond acceptors (Lipinski definition) is 3. The zero-order valence-electron chi connectivity index (χ0n) is 12.3. The van der Waals surface area contributed by atoms with Crippen LogP contribution in [0.1, 0.15) is 28.4 Å². The summed E-state index contributed by atoms with van der Waals surface area (Å²) in [6.07, 6.45) is 0.807. The highest BCUT2D eigenvalue weighted by Crippen LogP contribution is 2.38. The Morgan fingerprint density at radius 3 is 2.38 bits per heavy atom. The second-order valence-corrected chi connectivity index (χ2v) is 5.30. The van der Waals surface area contributed by atoms with E-state index in [0.717, 1.165) is 12.0 Å². The number of carbonyl (C=O) groups is 1. The first kappa shape index (κ1) is 15.6. The SMILES string of the molecule is CCc1ccccc1C(=O)c1ccc(OC)c(Br)c1OC. The van der Waals surface area contributed by atoms with E-state index in [0.29, 0.717) is 27.1 Å². The average molecular weight is 349 g/mol. The molecule has 0 unspecified atom stereocenters. The minimum absolute atomic E-state index is 0.0485. The van der Waals surface area contributed by atoms with Crippen LogP contribution in [-0.4, -0.2) is 20.0 Å². The van der Waals surface area contributed by atoms with Gasteiger partial charge in [-0.3, -0.25) is 4.79 Å². The number of hydrogen-bond donors (Lipinski definition) is 0. The molecular formula is C17H17BrO3. The maximum Gasteiger partial charge on any atom is 0.197 e. The lowest BCUT2D eigenvalue weighted by atomic mass is 9.96. The molecular weight excluding hydrogens is 332 g/mol. The van der Waals surface area contributed by atoms with Gasteiger partial charge in [0.05, 0.1) is 19.8 Å². The fourth-order valence-corrected chi connectivity index (χ4v) is 2.94. The summed E-state index contributed by atoms with van der Waals surface area (Å²) >= 11 is 3.43. The number of ketones is 1. The van der Waals surface area contributed by atoms with Gasteiger partial charge in [-0.2, -0.15) is 0 Å². The van der Waals surface area contributed by atoms with Crippen LogP contribution < -0.4 is 9.47 Å². The highest BCUT2D eigenvalue weighted by atomic mass is 79.9. The molecule has 0 fully saturated rings. The molecule has 0 aliphatic rings. The second-order valence-electron chi connectivity index (χ2n) is 4.50. The third-order valence-corrected chi connectivity index (χ3v) is 4.12. The van der Waals surface area contributed by atoms with Crippen molar-refractivity contribution in [2.45, 2.75) is 13.3 Å². The van der Waals surface area contributed by atoms with Gasteiger partial charge in [0.2, 0.25) is 0 Å². The average Bonchev–Trinajstić information content (AvgIpc) is 2.53. The lowest BCUT2D eigenvalue weighted by Gasteiger charge is -2.14. The summed E-state index contributed by atoms with van der Waals surface area (Å²) in [4.78, 5) is 12.8. The molecule has 0 saturated heterocycles. The van der Waals surface area contributed by atoms with E-state index in [-0.39, 0.29) is 5.78 Å². The summed E-state index contributed by atoms with van der Waals surface area (Å²) in [6.45, 7) is 2.04. The smallest absolute Gasteiger partial charge is 0.197 e. The monoisotopic (exact) mass is 348 g/mol. The van der Waals surface area contributed by atoms with Gasteiger partial charge in [0, 0.05) is 5.56 Å². The third-order valence-electron chi connectivity index (χ3n) is 3.37. The van der Waals surface area contributed by atoms with Gasteiger partial charge in [0.1, 0.15) is 16.0 Å². The van der Waals surface area contributed by atoms with E-state index in [1.807, 2.05) is 31.2 Å². The molecule has 0 N–H and O–H groups in total. The number of aryl methyl sites for hydroxylation is 1. The first-order valence-corrected chi connectivity index (χ1v) is 7.46. The van der Waals surface area contributed by atoms with Crippen molar-refractivity contribution in [1.29, 1.82) is 0 Å². The van der Waals surface area contributed by atoms with Crippen molar-refractivity contribution in [2.24, 2.45) is 0 Å². The molecule has 4 heteroatoms. The van der Waals surface area contributed by atoms with Crippen LogP contribution in [0.15, 0.2) is 40.9 Å². The molecule has 21 heavy (non-hydrogen) atoms. The molecule has 0 atom stereocenters. The van der Waals surface area contributed by atoms with E-state index < -0.39 is 0 Å². The van der Waals surface area contributed by atoms with Crippen molar-refractivity contribution in [3.63, 3.8) is 0 Å². The first-order chi connectivity index (χ1) is 10.1. The Labute approximate surface area is 133 Å². The molecule has 2 aromatic rings. The first-order valence-electron chi connectivity index (χ1n) is 6.67. The van der Waals surface area contributed by atoms with Crippen LogP contribution in [0, 0.1) is 0 Å². The van der Waals surface area contributed by atoms with Crippen LogP contribution in [0.2, 0.25) is 0 Å². The number of carbonyl (C=O) groups excluding carboxylic acids is 1. The Balaban J connectivity index is 2.56. The Morgan fingerprint density at radius 2 is 1.76 bits per heavy atom. The van der Waals surface area contributed by atoms with Crippen molar-refractivity contribution in [3.8, 4) is 11.5 Å². The molecule has 0 aliphatic heterocycles. The minimum atomic E-state index is -0.0485. The van der Waals surface area contributed by atoms with Crippen LogP contribution in [0.5, 0.6) is 11.5 Å². The van der Waals surface area contributed by atoms with E-state index in [2.05, 4.69) is 15.9 Å². The fraction of sp³-hybridized carbons (Fsp3) is 0.235. The maximum atomic E-state index is 12.8. The summed E-state index contributed by atoms with van der Waals surface area (Å²) in [7, 11) is 3.12. The van der Waals surface area contributed by atoms with Crippen molar-refractivity contribution in [1.82, 2.24) is 0 Å². The van der Waals surface area contributed by atoms with Gasteiger partial charge in [-0.1, -0.05) is 31.2 Å². The van der Waals surface area contributed by atoms with Crippen LogP contribution in [0.3, 0.4) is 0 Å². The van der Waals surface area contributed by atoms with Crippen molar-refractivity contribution in [2.75, 3.05) is 14.2 Å². The van der Waals surface area contributed by atoms with E-state index in [9.17, 15) is 4.79 Å². The number of rotatable bonds is 5. The van der Waals surface area contributed by atoms with Crippen LogP contribution in [0.4, 0.5) is 0 Å². The molecule has 0 spiro atoms. The topological polar surface area (TPSA) is 35.5 Å². The molecule has 0 heterocycles. The highest BCUT2D eigenvalue weighted by Gasteiger charge is 2.20. The molecule has 0 saturated carbocycles. The summed E-state index contributed by atoms with van der Waals surface area (Å²) in [5, 5.41) is 0. The zero-order valence-corrected chi connectivity index (χ0v) is 13.9. The van der Waals surface area contributed by atoms with Gasteiger partial charge >= 0.3 is 0 Å². The van der Waals surface area contributed by atoms with Crippen molar-refractivity contribution < 1.29 is 14.3 Å². The maximum absolute atomic E-state index is 12.8. The highest BCUT2D eigenvalue weighted by molar-refractivity contribution is 9.10. The summed E-state index contributed by atoms with van der Waals surface area (Å²) in [5.41, 5.74) is 2.25. The molecule has 0 radical (unpaired) electrons. The Bertz CT molecular complexity index is 665. The molecule has 2 rings (SSSR count). The Kier molecular flexibility index (Phi) is 5.02. The van der Waals surface area contributed by atoms with Gasteiger partial charge in [-0.05, 0) is 40.0 Å². The van der Waals surface area contributed by atoms with E-state index >= 15 is 0 Å². The van der Waals surface area contributed by atoms with Gasteiger partial charge < -0.3 is 9.47 Å². The van der Waals surface area contributed by atoms with Crippen molar-refractivity contribution >= 4 is 21.7 Å². The lowest BCUT2D eigenvalue weighted by Crippen LogP contribution is -2.07. The second kappa shape index (κ2) is 6.76. The zero-order chi connectivity index (χ0) is 15.4. The molecule has 110 valence electrons. The molecule has 3 nitrogen and oxygen atoms in total. The van der Waals surface area contributed by atoms with Crippen molar-refractivity contribution in [3.05, 3.63) is 57.6 Å². The van der Waals surface area contributed by atoms with Gasteiger partial charge in [-0.15, -0.1) is 0 Å². The number of ether oxygens (including phenoxy) is 2. The minimum Gasteiger partial charge on any atom is -0.495 e. The van der Waals surface area contributed by atoms with E-state index in [1.54, 1.807) is 26.4 Å². The van der Waals surface area contributed by atoms with E-state index in [4.69, 9.17) is 9.47 Å². The Morgan fingerprint density at radius 1 is 1.05 bits per heavy atom. The van der Waals surface area contributed by atoms with Gasteiger partial charge in [0.15, 0.2) is 5.78 Å². The number of methoxy groups -OCH3 is 2. The summed E-state index contributed by atoms with van der Waals surface area (Å²) in [6, 6.07) is 11.1. The molecule has 0 aliphatic carbocycles. The summed E-state index contributed by atoms with van der Waals surface area (Å²) in [5.74, 6) is 1.07. The predicted octanol–water partition coefficient (Wildman–Crippen LogP) is 4.26. The quantitative estimate of drug-likeness (QED) is 0.757. The number of halogens is 1. The van der Waals surface area contributed by atoms with Crippen LogP contribution >= 0.6 is 15.9 Å². The molecule has 2 aromatic carbocycles. The Hall–Kier alpha value is -1.81. The van der Waals surface area contributed by atoms with Gasteiger partial charge in [-0.25, -0.2) is 0 Å². The normalized spacial score (nSPS) is 10.3. The third kappa shape index (κ3) is 2.95. The molecule has 0 amide bonds. The van der Waals surface area contributed by atoms with Crippen LogP contribution in [0.25, 0.3) is 0 Å². The predicted molar refractivity (Wildman–Crippen MR) is 86.5 cm³/mol. The van der Waals surface area contributed by atoms with E-state index in [1.165, 1.54) is 0 Å². The lowest BCUT2D eigenvalue weighted by molar-refractivity contribution is 0.103. The molecule has 0 bridgehead atoms. The summed E-state index contributed by atoms with van der Waals surface area (Å²) < 4.78 is 11.3. The standard InChI is InChI=1S/C17H17BrO3/c1-4-11-7-5-6-8-12(11)16(19)13-9-10-14(20-2)15(18)17(13)21-3/h5-10H,4H2,1-3H3. The van der Waals surface area contributed by atoms with Crippen LogP contribution in [-0.2, 0) is 6.42 Å². The largest absolute Gasteiger partial charge is 0.495 e. The number of benzene rings is 2. The van der Waals surface area contributed by atoms with Gasteiger partial charge in [0.25, 0.3) is 0 Å². The molecule has 0 aromatic heterocycles.